The Labute approximate surface area is 227 Å². The quantitative estimate of drug-likeness (QED) is 0.551. The van der Waals surface area contributed by atoms with Crippen LogP contribution in [0.15, 0.2) is 0 Å². The third kappa shape index (κ3) is 4.24. The zero-order chi connectivity index (χ0) is 27.5. The van der Waals surface area contributed by atoms with Crippen LogP contribution < -0.4 is 5.32 Å². The van der Waals surface area contributed by atoms with E-state index >= 15 is 0 Å². The lowest BCUT2D eigenvalue weighted by Crippen LogP contribution is -2.64. The van der Waals surface area contributed by atoms with E-state index in [9.17, 15) is 14.4 Å². The van der Waals surface area contributed by atoms with Crippen molar-refractivity contribution in [1.29, 1.82) is 0 Å². The number of carbonyl (C=O) groups excluding carboxylic acids is 3. The summed E-state index contributed by atoms with van der Waals surface area (Å²) in [6.45, 7) is 14.0. The summed E-state index contributed by atoms with van der Waals surface area (Å²) >= 11 is 0. The SMILES string of the molecule is CCOC[C@]1(C)C[C@@H](OC(=O)NC(=O)[C@H]2CN3CC[C@@H]2C3)[C@@]2(C)C3[C@H](OC)CCC3(CC[C@H]2C)[C@@H](C)C1=O. The molecule has 2 heterocycles. The smallest absolute Gasteiger partial charge is 0.414 e. The van der Waals surface area contributed by atoms with Crippen LogP contribution in [0.5, 0.6) is 0 Å². The van der Waals surface area contributed by atoms with Crippen molar-refractivity contribution in [1.82, 2.24) is 10.2 Å². The summed E-state index contributed by atoms with van der Waals surface area (Å²) in [5, 5.41) is 2.60. The van der Waals surface area contributed by atoms with E-state index in [2.05, 4.69) is 31.0 Å². The van der Waals surface area contributed by atoms with Crippen LogP contribution in [0.25, 0.3) is 0 Å². The Hall–Kier alpha value is -1.51. The Morgan fingerprint density at radius 1 is 1.11 bits per heavy atom. The molecule has 0 aromatic rings. The van der Waals surface area contributed by atoms with Gasteiger partial charge >= 0.3 is 6.09 Å². The molecule has 0 aromatic heterocycles. The molecule has 5 fully saturated rings. The molecule has 3 unspecified atom stereocenters. The number of nitrogens with one attached hydrogen (secondary N) is 1. The molecular weight excluding hydrogens is 484 g/mol. The number of Topliss-reactive ketones (excluding diaryl/α,β-unsaturated/α-hetero) is 1. The minimum atomic E-state index is -0.788. The van der Waals surface area contributed by atoms with Gasteiger partial charge in [-0.3, -0.25) is 14.9 Å². The maximum atomic E-state index is 14.3. The van der Waals surface area contributed by atoms with Crippen LogP contribution in [0, 0.1) is 45.8 Å². The van der Waals surface area contributed by atoms with Crippen LogP contribution >= 0.6 is 0 Å². The first-order valence-corrected chi connectivity index (χ1v) is 14.9. The van der Waals surface area contributed by atoms with Crippen molar-refractivity contribution in [3.63, 3.8) is 0 Å². The Bertz CT molecular complexity index is 957. The van der Waals surface area contributed by atoms with Gasteiger partial charge in [0.25, 0.3) is 0 Å². The number of amides is 2. The van der Waals surface area contributed by atoms with Crippen molar-refractivity contribution in [2.75, 3.05) is 40.0 Å². The number of methoxy groups -OCH3 is 1. The van der Waals surface area contributed by atoms with Crippen LogP contribution in [-0.2, 0) is 23.8 Å². The second-order valence-electron chi connectivity index (χ2n) is 13.6. The van der Waals surface area contributed by atoms with Crippen LogP contribution in [0.1, 0.15) is 73.1 Å². The van der Waals surface area contributed by atoms with E-state index in [1.165, 1.54) is 0 Å². The fourth-order valence-corrected chi connectivity index (χ4v) is 9.55. The number of nitrogens with zero attached hydrogens (tertiary/aromatic N) is 1. The summed E-state index contributed by atoms with van der Waals surface area (Å²) in [5.74, 6) is 0.339. The third-order valence-corrected chi connectivity index (χ3v) is 11.9. The minimum Gasteiger partial charge on any atom is -0.445 e. The normalized spacial score (nSPS) is 47.8. The average Bonchev–Trinajstić information content (AvgIpc) is 3.63. The maximum Gasteiger partial charge on any atom is 0.414 e. The van der Waals surface area contributed by atoms with E-state index in [0.29, 0.717) is 32.1 Å². The number of ether oxygens (including phenoxy) is 3. The highest BCUT2D eigenvalue weighted by Crippen LogP contribution is 2.68. The fourth-order valence-electron chi connectivity index (χ4n) is 9.55. The number of rotatable bonds is 6. The standard InChI is InChI=1S/C30H48N2O6/c1-7-37-17-28(4)14-23(38-27(35)31-26(34)21-16-32-13-10-20(21)15-32)29(5)18(2)8-11-30(19(3)25(28)33)12-9-22(36-6)24(29)30/h18-24H,7-17H2,1-6H3,(H,31,34,35)/t18-,19+,20-,21+,22-,23-,24?,28+,29+,30?/m1/s1. The van der Waals surface area contributed by atoms with Crippen molar-refractivity contribution >= 4 is 17.8 Å². The number of imide groups is 1. The third-order valence-electron chi connectivity index (χ3n) is 11.9. The Kier molecular flexibility index (Phi) is 7.49. The van der Waals surface area contributed by atoms with Crippen LogP contribution in [0.4, 0.5) is 4.79 Å². The van der Waals surface area contributed by atoms with Gasteiger partial charge in [-0.1, -0.05) is 27.7 Å². The first kappa shape index (κ1) is 28.0. The van der Waals surface area contributed by atoms with E-state index in [0.717, 1.165) is 45.2 Å². The number of ketones is 1. The van der Waals surface area contributed by atoms with E-state index in [4.69, 9.17) is 14.2 Å². The molecular formula is C30H48N2O6. The molecule has 3 aliphatic carbocycles. The molecule has 0 radical (unpaired) electrons. The second-order valence-corrected chi connectivity index (χ2v) is 13.6. The molecule has 2 aliphatic heterocycles. The Balaban J connectivity index is 1.48. The average molecular weight is 533 g/mol. The van der Waals surface area contributed by atoms with E-state index in [-0.39, 0.29) is 46.9 Å². The first-order valence-electron chi connectivity index (χ1n) is 14.9. The van der Waals surface area contributed by atoms with Crippen molar-refractivity contribution < 1.29 is 28.6 Å². The monoisotopic (exact) mass is 532 g/mol. The van der Waals surface area contributed by atoms with Crippen molar-refractivity contribution in [2.45, 2.75) is 85.4 Å². The number of piperidine rings is 1. The maximum absolute atomic E-state index is 14.3. The van der Waals surface area contributed by atoms with Gasteiger partial charge in [-0.15, -0.1) is 0 Å². The van der Waals surface area contributed by atoms with Crippen LogP contribution in [0.2, 0.25) is 0 Å². The summed E-state index contributed by atoms with van der Waals surface area (Å²) in [7, 11) is 1.77. The van der Waals surface area contributed by atoms with E-state index in [1.54, 1.807) is 7.11 Å². The van der Waals surface area contributed by atoms with Crippen molar-refractivity contribution in [3.05, 3.63) is 0 Å². The predicted octanol–water partition coefficient (Wildman–Crippen LogP) is 4.06. The van der Waals surface area contributed by atoms with Crippen molar-refractivity contribution in [3.8, 4) is 0 Å². The van der Waals surface area contributed by atoms with Gasteiger partial charge in [0.05, 0.1) is 24.0 Å². The van der Waals surface area contributed by atoms with Crippen molar-refractivity contribution in [2.24, 2.45) is 45.8 Å². The highest BCUT2D eigenvalue weighted by molar-refractivity contribution is 5.93. The van der Waals surface area contributed by atoms with Gasteiger partial charge < -0.3 is 19.1 Å². The summed E-state index contributed by atoms with van der Waals surface area (Å²) < 4.78 is 18.3. The lowest BCUT2D eigenvalue weighted by molar-refractivity contribution is -0.195. The molecule has 8 nitrogen and oxygen atoms in total. The number of fused-ring (bicyclic) bond motifs is 2. The second kappa shape index (κ2) is 10.2. The number of hydrogen-bond donors (Lipinski definition) is 1. The van der Waals surface area contributed by atoms with Crippen LogP contribution in [0.3, 0.4) is 0 Å². The summed E-state index contributed by atoms with van der Waals surface area (Å²) in [6.07, 6.45) is 3.95. The lowest BCUT2D eigenvalue weighted by atomic mass is 9.44. The van der Waals surface area contributed by atoms with Gasteiger partial charge in [-0.25, -0.2) is 4.79 Å². The molecule has 0 aromatic carbocycles. The first-order chi connectivity index (χ1) is 18.0. The molecule has 11 atom stereocenters. The molecule has 8 heteroatoms. The molecule has 38 heavy (non-hydrogen) atoms. The molecule has 5 rings (SSSR count). The highest BCUT2D eigenvalue weighted by Gasteiger charge is 2.68. The predicted molar refractivity (Wildman–Crippen MR) is 142 cm³/mol. The molecule has 5 aliphatic rings. The van der Waals surface area contributed by atoms with Gasteiger partial charge in [0.15, 0.2) is 0 Å². The van der Waals surface area contributed by atoms with E-state index in [1.807, 2.05) is 13.8 Å². The number of alkyl carbamates (subject to hydrolysis) is 1. The molecule has 1 N–H and O–H groups in total. The number of hydrogen-bond acceptors (Lipinski definition) is 7. The molecule has 2 saturated heterocycles. The van der Waals surface area contributed by atoms with Gasteiger partial charge in [-0.05, 0) is 69.2 Å². The fraction of sp³-hybridized carbons (Fsp3) is 0.900. The summed E-state index contributed by atoms with van der Waals surface area (Å²) in [5.41, 5.74) is -1.39. The van der Waals surface area contributed by atoms with Gasteiger partial charge in [0.1, 0.15) is 11.9 Å². The van der Waals surface area contributed by atoms with Gasteiger partial charge in [0, 0.05) is 44.1 Å². The lowest BCUT2D eigenvalue weighted by Gasteiger charge is -2.61. The van der Waals surface area contributed by atoms with E-state index < -0.39 is 23.0 Å². The topological polar surface area (TPSA) is 94.2 Å². The Morgan fingerprint density at radius 2 is 1.84 bits per heavy atom. The summed E-state index contributed by atoms with van der Waals surface area (Å²) in [4.78, 5) is 43.0. The number of carbonyl (C=O) groups is 3. The largest absolute Gasteiger partial charge is 0.445 e. The van der Waals surface area contributed by atoms with Gasteiger partial charge in [0.2, 0.25) is 5.91 Å². The molecule has 214 valence electrons. The molecule has 0 spiro atoms. The zero-order valence-corrected chi connectivity index (χ0v) is 24.2. The molecule has 2 amide bonds. The van der Waals surface area contributed by atoms with Crippen LogP contribution in [-0.4, -0.2) is 74.8 Å². The van der Waals surface area contributed by atoms with Gasteiger partial charge in [-0.2, -0.15) is 0 Å². The molecule has 4 bridgehead atoms. The zero-order valence-electron chi connectivity index (χ0n) is 24.2. The highest BCUT2D eigenvalue weighted by atomic mass is 16.6. The Morgan fingerprint density at radius 3 is 2.47 bits per heavy atom. The minimum absolute atomic E-state index is 0.00753. The summed E-state index contributed by atoms with van der Waals surface area (Å²) in [6, 6.07) is 0. The molecule has 3 saturated carbocycles.